The fraction of sp³-hybridized carbons (Fsp3) is 0.250. The van der Waals surface area contributed by atoms with Crippen LogP contribution in [0.3, 0.4) is 0 Å². The highest BCUT2D eigenvalue weighted by atomic mass is 35.5. The Balaban J connectivity index is 1.62. The molecule has 3 rings (SSSR count). The molecule has 0 fully saturated rings. The quantitative estimate of drug-likeness (QED) is 0.671. The summed E-state index contributed by atoms with van der Waals surface area (Å²) >= 11 is 6.22. The fourth-order valence-corrected chi connectivity index (χ4v) is 2.89. The van der Waals surface area contributed by atoms with Crippen LogP contribution in [0.15, 0.2) is 48.7 Å². The SMILES string of the molecule is Cc1nn(-c2cccc(C(=O)NCCCc3ccccn3)c2)c(C)c1Cl. The van der Waals surface area contributed by atoms with Crippen molar-refractivity contribution in [3.05, 3.63) is 76.3 Å². The Morgan fingerprint density at radius 2 is 2.04 bits per heavy atom. The molecule has 134 valence electrons. The van der Waals surface area contributed by atoms with E-state index in [-0.39, 0.29) is 5.91 Å². The van der Waals surface area contributed by atoms with Crippen LogP contribution in [-0.4, -0.2) is 27.2 Å². The monoisotopic (exact) mass is 368 g/mol. The molecule has 0 aliphatic carbocycles. The van der Waals surface area contributed by atoms with E-state index in [1.54, 1.807) is 16.9 Å². The van der Waals surface area contributed by atoms with Gasteiger partial charge in [-0.2, -0.15) is 5.10 Å². The van der Waals surface area contributed by atoms with Crippen LogP contribution in [0, 0.1) is 13.8 Å². The van der Waals surface area contributed by atoms with Crippen LogP contribution in [0.4, 0.5) is 0 Å². The Morgan fingerprint density at radius 3 is 2.73 bits per heavy atom. The number of aromatic nitrogens is 3. The topological polar surface area (TPSA) is 59.8 Å². The third-order valence-electron chi connectivity index (χ3n) is 4.18. The minimum atomic E-state index is -0.0968. The first-order chi connectivity index (χ1) is 12.6. The third kappa shape index (κ3) is 4.11. The minimum Gasteiger partial charge on any atom is -0.352 e. The number of nitrogens with zero attached hydrogens (tertiary/aromatic N) is 3. The Hall–Kier alpha value is -2.66. The zero-order valence-corrected chi connectivity index (χ0v) is 15.6. The molecular weight excluding hydrogens is 348 g/mol. The predicted octanol–water partition coefficient (Wildman–Crippen LogP) is 3.90. The summed E-state index contributed by atoms with van der Waals surface area (Å²) in [7, 11) is 0. The van der Waals surface area contributed by atoms with Crippen molar-refractivity contribution in [1.29, 1.82) is 0 Å². The average molecular weight is 369 g/mol. The van der Waals surface area contributed by atoms with Gasteiger partial charge in [0.05, 0.1) is 22.1 Å². The number of halogens is 1. The van der Waals surface area contributed by atoms with E-state index >= 15 is 0 Å². The summed E-state index contributed by atoms with van der Waals surface area (Å²) in [6.45, 7) is 4.38. The summed E-state index contributed by atoms with van der Waals surface area (Å²) < 4.78 is 1.76. The summed E-state index contributed by atoms with van der Waals surface area (Å²) in [4.78, 5) is 16.7. The van der Waals surface area contributed by atoms with Gasteiger partial charge in [0, 0.05) is 24.0 Å². The summed E-state index contributed by atoms with van der Waals surface area (Å²) in [6.07, 6.45) is 3.46. The number of hydrogen-bond donors (Lipinski definition) is 1. The van der Waals surface area contributed by atoms with Gasteiger partial charge in [0.2, 0.25) is 0 Å². The Kier molecular flexibility index (Phi) is 5.68. The van der Waals surface area contributed by atoms with Crippen molar-refractivity contribution in [1.82, 2.24) is 20.1 Å². The first-order valence-corrected chi connectivity index (χ1v) is 8.94. The van der Waals surface area contributed by atoms with Crippen molar-refractivity contribution in [2.45, 2.75) is 26.7 Å². The van der Waals surface area contributed by atoms with Gasteiger partial charge in [0.1, 0.15) is 0 Å². The largest absolute Gasteiger partial charge is 0.352 e. The molecule has 26 heavy (non-hydrogen) atoms. The molecule has 0 aliphatic heterocycles. The first-order valence-electron chi connectivity index (χ1n) is 8.56. The van der Waals surface area contributed by atoms with Gasteiger partial charge in [-0.25, -0.2) is 4.68 Å². The maximum Gasteiger partial charge on any atom is 0.251 e. The Labute approximate surface area is 158 Å². The molecule has 2 aromatic heterocycles. The van der Waals surface area contributed by atoms with E-state index in [0.29, 0.717) is 17.1 Å². The highest BCUT2D eigenvalue weighted by Gasteiger charge is 2.12. The Bertz CT molecular complexity index is 905. The van der Waals surface area contributed by atoms with E-state index in [2.05, 4.69) is 15.4 Å². The highest BCUT2D eigenvalue weighted by molar-refractivity contribution is 6.31. The Morgan fingerprint density at radius 1 is 1.19 bits per heavy atom. The van der Waals surface area contributed by atoms with Crippen molar-refractivity contribution in [2.75, 3.05) is 6.54 Å². The molecule has 1 amide bonds. The number of rotatable bonds is 6. The zero-order chi connectivity index (χ0) is 18.5. The van der Waals surface area contributed by atoms with Crippen LogP contribution >= 0.6 is 11.6 Å². The maximum absolute atomic E-state index is 12.4. The molecule has 3 aromatic rings. The maximum atomic E-state index is 12.4. The molecule has 0 radical (unpaired) electrons. The van der Waals surface area contributed by atoms with E-state index < -0.39 is 0 Å². The van der Waals surface area contributed by atoms with Crippen LogP contribution in [0.25, 0.3) is 5.69 Å². The van der Waals surface area contributed by atoms with Crippen LogP contribution in [0.5, 0.6) is 0 Å². The van der Waals surface area contributed by atoms with E-state index in [1.165, 1.54) is 0 Å². The molecule has 2 heterocycles. The molecule has 0 unspecified atom stereocenters. The smallest absolute Gasteiger partial charge is 0.251 e. The normalized spacial score (nSPS) is 10.7. The van der Waals surface area contributed by atoms with Gasteiger partial charge in [-0.3, -0.25) is 9.78 Å². The number of nitrogens with one attached hydrogen (secondary N) is 1. The molecule has 6 heteroatoms. The van der Waals surface area contributed by atoms with E-state index in [0.717, 1.165) is 35.6 Å². The number of amides is 1. The number of carbonyl (C=O) groups excluding carboxylic acids is 1. The molecule has 0 atom stereocenters. The number of hydrogen-bond acceptors (Lipinski definition) is 3. The molecule has 0 spiro atoms. The predicted molar refractivity (Wildman–Crippen MR) is 103 cm³/mol. The lowest BCUT2D eigenvalue weighted by Crippen LogP contribution is -2.25. The van der Waals surface area contributed by atoms with Crippen molar-refractivity contribution >= 4 is 17.5 Å². The van der Waals surface area contributed by atoms with Crippen LogP contribution in [0.2, 0.25) is 5.02 Å². The third-order valence-corrected chi connectivity index (χ3v) is 4.72. The number of aryl methyl sites for hydroxylation is 2. The van der Waals surface area contributed by atoms with Gasteiger partial charge < -0.3 is 5.32 Å². The van der Waals surface area contributed by atoms with Gasteiger partial charge in [0.25, 0.3) is 5.91 Å². The minimum absolute atomic E-state index is 0.0968. The second kappa shape index (κ2) is 8.15. The van der Waals surface area contributed by atoms with Gasteiger partial charge in [-0.1, -0.05) is 23.7 Å². The summed E-state index contributed by atoms with van der Waals surface area (Å²) in [5.74, 6) is -0.0968. The lowest BCUT2D eigenvalue weighted by atomic mass is 10.1. The number of benzene rings is 1. The lowest BCUT2D eigenvalue weighted by molar-refractivity contribution is 0.0953. The molecular formula is C20H21ClN4O. The molecule has 0 saturated carbocycles. The van der Waals surface area contributed by atoms with Gasteiger partial charge >= 0.3 is 0 Å². The van der Waals surface area contributed by atoms with Crippen molar-refractivity contribution < 1.29 is 4.79 Å². The summed E-state index contributed by atoms with van der Waals surface area (Å²) in [6, 6.07) is 13.2. The van der Waals surface area contributed by atoms with Crippen LogP contribution in [0.1, 0.15) is 33.9 Å². The van der Waals surface area contributed by atoms with Crippen molar-refractivity contribution in [3.8, 4) is 5.69 Å². The van der Waals surface area contributed by atoms with Gasteiger partial charge in [0.15, 0.2) is 0 Å². The van der Waals surface area contributed by atoms with Gasteiger partial charge in [-0.15, -0.1) is 0 Å². The molecule has 1 N–H and O–H groups in total. The van der Waals surface area contributed by atoms with Crippen molar-refractivity contribution in [2.24, 2.45) is 0 Å². The van der Waals surface area contributed by atoms with E-state index in [4.69, 9.17) is 11.6 Å². The number of carbonyl (C=O) groups is 1. The molecule has 0 bridgehead atoms. The van der Waals surface area contributed by atoms with Crippen LogP contribution in [-0.2, 0) is 6.42 Å². The van der Waals surface area contributed by atoms with Crippen LogP contribution < -0.4 is 5.32 Å². The van der Waals surface area contributed by atoms with E-state index in [1.807, 2.05) is 50.2 Å². The fourth-order valence-electron chi connectivity index (χ4n) is 2.77. The molecule has 0 aliphatic rings. The lowest BCUT2D eigenvalue weighted by Gasteiger charge is -2.08. The standard InChI is InChI=1S/C20H21ClN4O/c1-14-19(21)15(2)25(24-14)18-10-5-7-16(13-18)20(26)23-12-6-9-17-8-3-4-11-22-17/h3-5,7-8,10-11,13H,6,9,12H2,1-2H3,(H,23,26). The average Bonchev–Trinajstić information content (AvgIpc) is 2.93. The second-order valence-corrected chi connectivity index (χ2v) is 6.51. The van der Waals surface area contributed by atoms with Gasteiger partial charge in [-0.05, 0) is 57.0 Å². The molecule has 5 nitrogen and oxygen atoms in total. The summed E-state index contributed by atoms with van der Waals surface area (Å²) in [5.41, 5.74) is 4.08. The summed E-state index contributed by atoms with van der Waals surface area (Å²) in [5, 5.41) is 8.04. The first kappa shape index (κ1) is 18.1. The highest BCUT2D eigenvalue weighted by Crippen LogP contribution is 2.22. The van der Waals surface area contributed by atoms with E-state index in [9.17, 15) is 4.79 Å². The second-order valence-electron chi connectivity index (χ2n) is 6.13. The number of pyridine rings is 1. The van der Waals surface area contributed by atoms with Crippen molar-refractivity contribution in [3.63, 3.8) is 0 Å². The molecule has 1 aromatic carbocycles. The zero-order valence-electron chi connectivity index (χ0n) is 14.9. The molecule has 0 saturated heterocycles.